The van der Waals surface area contributed by atoms with Gasteiger partial charge in [0.15, 0.2) is 6.04 Å². The van der Waals surface area contributed by atoms with Gasteiger partial charge in [0.1, 0.15) is 5.75 Å². The summed E-state index contributed by atoms with van der Waals surface area (Å²) in [4.78, 5) is 28.5. The second-order valence-electron chi connectivity index (χ2n) is 6.81. The van der Waals surface area contributed by atoms with E-state index in [1.54, 1.807) is 25.1 Å². The molecule has 1 atom stereocenters. The van der Waals surface area contributed by atoms with E-state index in [1.165, 1.54) is 23.3 Å². The monoisotopic (exact) mass is 466 g/mol. The molecule has 3 aromatic rings. The number of thiophene rings is 1. The van der Waals surface area contributed by atoms with Gasteiger partial charge in [0.05, 0.1) is 12.1 Å². The lowest BCUT2D eigenvalue weighted by atomic mass is 10.1. The summed E-state index contributed by atoms with van der Waals surface area (Å²) in [5.74, 6) is 4.88. The second kappa shape index (κ2) is 11.4. The van der Waals surface area contributed by atoms with E-state index < -0.39 is 11.9 Å². The molecule has 0 aliphatic carbocycles. The van der Waals surface area contributed by atoms with Crippen molar-refractivity contribution in [3.63, 3.8) is 0 Å². The van der Waals surface area contributed by atoms with Gasteiger partial charge >= 0.3 is 5.91 Å². The van der Waals surface area contributed by atoms with Gasteiger partial charge in [-0.2, -0.15) is 0 Å². The normalized spacial score (nSPS) is 11.1. The number of nitrogens with one attached hydrogen (secondary N) is 1. The predicted octanol–water partition coefficient (Wildman–Crippen LogP) is 4.87. The van der Waals surface area contributed by atoms with E-state index >= 15 is 0 Å². The van der Waals surface area contributed by atoms with Crippen molar-refractivity contribution in [2.75, 3.05) is 18.6 Å². The summed E-state index contributed by atoms with van der Waals surface area (Å²) in [6.45, 7) is 2.02. The lowest BCUT2D eigenvalue weighted by molar-refractivity contribution is -0.125. The molecule has 0 aliphatic rings. The Morgan fingerprint density at radius 2 is 1.94 bits per heavy atom. The molecule has 1 aromatic heterocycles. The SMILES string of the molecule is CC#CC(=O)N(c1ccc(OC)c(Cl)c1)C(C(=O)NCCc1ccccc1)c1cccs1. The molecule has 0 radical (unpaired) electrons. The lowest BCUT2D eigenvalue weighted by Crippen LogP contribution is -2.43. The van der Waals surface area contributed by atoms with Gasteiger partial charge < -0.3 is 10.1 Å². The fourth-order valence-electron chi connectivity index (χ4n) is 3.25. The largest absolute Gasteiger partial charge is 0.495 e. The molecule has 7 heteroatoms. The number of anilines is 1. The van der Waals surface area contributed by atoms with Gasteiger partial charge in [-0.1, -0.05) is 53.9 Å². The smallest absolute Gasteiger partial charge is 0.303 e. The molecule has 0 aliphatic heterocycles. The molecule has 1 heterocycles. The molecule has 0 saturated heterocycles. The van der Waals surface area contributed by atoms with Gasteiger partial charge in [-0.15, -0.1) is 11.3 Å². The van der Waals surface area contributed by atoms with Crippen LogP contribution in [0.2, 0.25) is 5.02 Å². The van der Waals surface area contributed by atoms with Crippen molar-refractivity contribution >= 4 is 40.4 Å². The highest BCUT2D eigenvalue weighted by atomic mass is 35.5. The molecule has 0 fully saturated rings. The van der Waals surface area contributed by atoms with Crippen molar-refractivity contribution in [2.24, 2.45) is 0 Å². The quantitative estimate of drug-likeness (QED) is 0.482. The van der Waals surface area contributed by atoms with Crippen LogP contribution in [0.15, 0.2) is 66.0 Å². The van der Waals surface area contributed by atoms with Crippen molar-refractivity contribution in [1.29, 1.82) is 0 Å². The Balaban J connectivity index is 1.93. The summed E-state index contributed by atoms with van der Waals surface area (Å²) in [6.07, 6.45) is 0.681. The molecule has 3 rings (SSSR count). The van der Waals surface area contributed by atoms with Crippen LogP contribution in [0, 0.1) is 11.8 Å². The van der Waals surface area contributed by atoms with Crippen LogP contribution in [0.4, 0.5) is 5.69 Å². The van der Waals surface area contributed by atoms with Crippen LogP contribution in [0.25, 0.3) is 0 Å². The van der Waals surface area contributed by atoms with E-state index in [9.17, 15) is 9.59 Å². The van der Waals surface area contributed by atoms with Crippen molar-refractivity contribution < 1.29 is 14.3 Å². The fourth-order valence-corrected chi connectivity index (χ4v) is 4.31. The standard InChI is InChI=1S/C25H23ClN2O3S/c1-3-8-23(29)28(19-12-13-21(31-2)20(26)17-19)24(22-11-7-16-32-22)25(30)27-15-14-18-9-5-4-6-10-18/h4-7,9-13,16-17,24H,14-15H2,1-2H3,(H,27,30). The molecule has 2 amide bonds. The number of carbonyl (C=O) groups excluding carboxylic acids is 2. The minimum Gasteiger partial charge on any atom is -0.495 e. The molecule has 0 saturated carbocycles. The van der Waals surface area contributed by atoms with Gasteiger partial charge in [0, 0.05) is 17.1 Å². The number of rotatable bonds is 8. The zero-order chi connectivity index (χ0) is 22.9. The van der Waals surface area contributed by atoms with Gasteiger partial charge in [-0.25, -0.2) is 0 Å². The summed E-state index contributed by atoms with van der Waals surface area (Å²) in [5, 5.41) is 5.18. The first-order chi connectivity index (χ1) is 15.5. The Morgan fingerprint density at radius 1 is 1.16 bits per heavy atom. The number of carbonyl (C=O) groups is 2. The van der Waals surface area contributed by atoms with Crippen molar-refractivity contribution in [3.05, 3.63) is 81.5 Å². The number of nitrogens with zero attached hydrogens (tertiary/aromatic N) is 1. The maximum Gasteiger partial charge on any atom is 0.303 e. The molecule has 164 valence electrons. The highest BCUT2D eigenvalue weighted by Crippen LogP contribution is 2.35. The molecule has 1 unspecified atom stereocenters. The van der Waals surface area contributed by atoms with E-state index in [-0.39, 0.29) is 5.91 Å². The van der Waals surface area contributed by atoms with E-state index in [4.69, 9.17) is 16.3 Å². The van der Waals surface area contributed by atoms with Crippen LogP contribution >= 0.6 is 22.9 Å². The highest BCUT2D eigenvalue weighted by Gasteiger charge is 2.33. The minimum atomic E-state index is -0.886. The van der Waals surface area contributed by atoms with Gasteiger partial charge in [0.2, 0.25) is 5.91 Å². The first kappa shape index (κ1) is 23.4. The second-order valence-corrected chi connectivity index (χ2v) is 8.20. The number of hydrogen-bond acceptors (Lipinski definition) is 4. The Morgan fingerprint density at radius 3 is 2.56 bits per heavy atom. The number of ether oxygens (including phenoxy) is 1. The molecule has 0 spiro atoms. The summed E-state index contributed by atoms with van der Waals surface area (Å²) in [5.41, 5.74) is 1.58. The zero-order valence-corrected chi connectivity index (χ0v) is 19.4. The Bertz CT molecular complexity index is 1120. The number of methoxy groups -OCH3 is 1. The van der Waals surface area contributed by atoms with E-state index in [0.29, 0.717) is 29.4 Å². The molecule has 2 aromatic carbocycles. The summed E-state index contributed by atoms with van der Waals surface area (Å²) in [7, 11) is 1.51. The zero-order valence-electron chi connectivity index (χ0n) is 17.8. The van der Waals surface area contributed by atoms with Gasteiger partial charge in [-0.05, 0) is 54.5 Å². The number of benzene rings is 2. The molecular weight excluding hydrogens is 444 g/mol. The fraction of sp³-hybridized carbons (Fsp3) is 0.200. The third kappa shape index (κ3) is 5.70. The summed E-state index contributed by atoms with van der Waals surface area (Å²) >= 11 is 7.72. The maximum absolute atomic E-state index is 13.4. The van der Waals surface area contributed by atoms with Crippen LogP contribution in [-0.2, 0) is 16.0 Å². The van der Waals surface area contributed by atoms with Crippen LogP contribution in [0.3, 0.4) is 0 Å². The van der Waals surface area contributed by atoms with Crippen LogP contribution in [-0.4, -0.2) is 25.5 Å². The number of amides is 2. The van der Waals surface area contributed by atoms with Crippen molar-refractivity contribution in [2.45, 2.75) is 19.4 Å². The van der Waals surface area contributed by atoms with Crippen molar-refractivity contribution in [3.8, 4) is 17.6 Å². The lowest BCUT2D eigenvalue weighted by Gasteiger charge is -2.29. The predicted molar refractivity (Wildman–Crippen MR) is 129 cm³/mol. The summed E-state index contributed by atoms with van der Waals surface area (Å²) < 4.78 is 5.22. The van der Waals surface area contributed by atoms with Crippen molar-refractivity contribution in [1.82, 2.24) is 5.32 Å². The van der Waals surface area contributed by atoms with Crippen LogP contribution in [0.1, 0.15) is 23.4 Å². The molecule has 0 bridgehead atoms. The Labute approximate surface area is 197 Å². The first-order valence-corrected chi connectivity index (χ1v) is 11.3. The molecule has 1 N–H and O–H groups in total. The Kier molecular flexibility index (Phi) is 8.32. The van der Waals surface area contributed by atoms with Crippen LogP contribution < -0.4 is 15.0 Å². The average Bonchev–Trinajstić information content (AvgIpc) is 3.32. The van der Waals surface area contributed by atoms with E-state index in [2.05, 4.69) is 17.2 Å². The molecule has 5 nitrogen and oxygen atoms in total. The number of halogens is 1. The topological polar surface area (TPSA) is 58.6 Å². The van der Waals surface area contributed by atoms with Gasteiger partial charge in [0.25, 0.3) is 0 Å². The maximum atomic E-state index is 13.4. The molecular formula is C25H23ClN2O3S. The minimum absolute atomic E-state index is 0.290. The highest BCUT2D eigenvalue weighted by molar-refractivity contribution is 7.10. The third-order valence-electron chi connectivity index (χ3n) is 4.74. The first-order valence-electron chi connectivity index (χ1n) is 9.99. The summed E-state index contributed by atoms with van der Waals surface area (Å²) in [6, 6.07) is 17.6. The molecule has 32 heavy (non-hydrogen) atoms. The number of hydrogen-bond donors (Lipinski definition) is 1. The van der Waals surface area contributed by atoms with E-state index in [1.807, 2.05) is 47.8 Å². The van der Waals surface area contributed by atoms with E-state index in [0.717, 1.165) is 10.4 Å². The average molecular weight is 467 g/mol. The van der Waals surface area contributed by atoms with Gasteiger partial charge in [-0.3, -0.25) is 14.5 Å². The van der Waals surface area contributed by atoms with Crippen LogP contribution in [0.5, 0.6) is 5.75 Å². The Hall–Kier alpha value is -3.27. The third-order valence-corrected chi connectivity index (χ3v) is 5.96.